The average Bonchev–Trinajstić information content (AvgIpc) is 3.15. The van der Waals surface area contributed by atoms with E-state index < -0.39 is 101 Å². The molecule has 0 aliphatic carbocycles. The van der Waals surface area contributed by atoms with Crippen molar-refractivity contribution >= 4 is 60.7 Å². The lowest BCUT2D eigenvalue weighted by molar-refractivity contribution is -0.162. The van der Waals surface area contributed by atoms with E-state index in [9.17, 15) is 42.5 Å². The molecule has 0 saturated heterocycles. The molecular weight excluding hydrogens is 940 g/mol. The van der Waals surface area contributed by atoms with Crippen molar-refractivity contribution in [3.8, 4) is 0 Å². The molecule has 0 aromatic carbocycles. The van der Waals surface area contributed by atoms with E-state index in [-0.39, 0.29) is 80.9 Å². The van der Waals surface area contributed by atoms with Gasteiger partial charge in [0.25, 0.3) is 5.91 Å². The number of aromatic nitrogens is 1. The van der Waals surface area contributed by atoms with Crippen molar-refractivity contribution in [3.05, 3.63) is 28.8 Å². The minimum Gasteiger partial charge on any atom is -0.460 e. The van der Waals surface area contributed by atoms with Gasteiger partial charge in [0, 0.05) is 38.4 Å². The molecule has 20 heteroatoms. The molecule has 0 aliphatic rings. The molecule has 0 fully saturated rings. The van der Waals surface area contributed by atoms with Crippen molar-refractivity contribution in [1.82, 2.24) is 15.6 Å². The highest BCUT2D eigenvalue weighted by Gasteiger charge is 2.39. The number of unbranched alkanes of at least 4 members (excludes halogenated alkanes) is 2. The molecule has 1 aromatic rings. The second-order valence-corrected chi connectivity index (χ2v) is 24.5. The van der Waals surface area contributed by atoms with Gasteiger partial charge in [-0.15, -0.1) is 0 Å². The van der Waals surface area contributed by atoms with Gasteiger partial charge in [-0.05, 0) is 148 Å². The van der Waals surface area contributed by atoms with Crippen LogP contribution >= 0.6 is 19.2 Å². The summed E-state index contributed by atoms with van der Waals surface area (Å²) in [5.41, 5.74) is -4.32. The second kappa shape index (κ2) is 27.6. The predicted molar refractivity (Wildman–Crippen MR) is 259 cm³/mol. The molecule has 69 heavy (non-hydrogen) atoms. The minimum atomic E-state index is -4.11. The van der Waals surface area contributed by atoms with Gasteiger partial charge < -0.3 is 38.6 Å². The van der Waals surface area contributed by atoms with Gasteiger partial charge >= 0.3 is 31.5 Å². The van der Waals surface area contributed by atoms with Crippen LogP contribution in [0.4, 0.5) is 4.39 Å². The van der Waals surface area contributed by atoms with E-state index in [0.29, 0.717) is 19.3 Å². The molecule has 1 rings (SSSR count). The molecule has 2 amide bonds. The van der Waals surface area contributed by atoms with Crippen LogP contribution in [-0.2, 0) is 61.3 Å². The molecule has 4 atom stereocenters. The van der Waals surface area contributed by atoms with Crippen LogP contribution < -0.4 is 10.6 Å². The molecule has 2 N–H and O–H groups in total. The third kappa shape index (κ3) is 29.7. The maximum atomic E-state index is 14.5. The summed E-state index contributed by atoms with van der Waals surface area (Å²) in [6, 6.07) is -0.0120. The number of esters is 4. The maximum Gasteiger partial charge on any atom is 0.332 e. The van der Waals surface area contributed by atoms with Gasteiger partial charge in [0.2, 0.25) is 11.9 Å². The van der Waals surface area contributed by atoms with Crippen LogP contribution in [0.2, 0.25) is 5.02 Å². The van der Waals surface area contributed by atoms with Gasteiger partial charge in [0.1, 0.15) is 34.2 Å². The van der Waals surface area contributed by atoms with Crippen molar-refractivity contribution in [3.63, 3.8) is 0 Å². The summed E-state index contributed by atoms with van der Waals surface area (Å²) in [7, 11) is -4.11. The SMILES string of the molecule is CC(C)(C)OC(=O)CC[C@H](CP(=O)(OCCC[C@H](NC(=O)CC[C@H](CC(=O)CCCCCNC(=O)c1cnc(F)c(Cl)c1)C(=O)OC(C)(C)C)C(=O)OC(C)(C)C)OC(C)(C)C)C(=O)OC(C)(C)C. The molecule has 1 aromatic heterocycles. The van der Waals surface area contributed by atoms with Crippen LogP contribution in [-0.4, -0.2) is 99.8 Å². The fourth-order valence-electron chi connectivity index (χ4n) is 6.38. The molecule has 0 aliphatic heterocycles. The van der Waals surface area contributed by atoms with Crippen LogP contribution in [0, 0.1) is 17.8 Å². The second-order valence-electron chi connectivity index (χ2n) is 22.1. The van der Waals surface area contributed by atoms with Crippen molar-refractivity contribution in [1.29, 1.82) is 0 Å². The number of halogens is 2. The minimum absolute atomic E-state index is 0.0280. The Morgan fingerprint density at radius 1 is 0.667 bits per heavy atom. The molecule has 0 spiro atoms. The number of hydrogen-bond acceptors (Lipinski definition) is 15. The number of Topliss-reactive ketones (excluding diaryl/α,β-unsaturated/α-hetero) is 1. The molecule has 0 saturated carbocycles. The number of ketones is 1. The van der Waals surface area contributed by atoms with Gasteiger partial charge in [0.15, 0.2) is 0 Å². The summed E-state index contributed by atoms with van der Waals surface area (Å²) in [6.07, 6.45) is 1.72. The Labute approximate surface area is 414 Å². The van der Waals surface area contributed by atoms with E-state index >= 15 is 0 Å². The first-order valence-corrected chi connectivity index (χ1v) is 25.7. The molecular formula is C49H80ClFN3O14P. The number of carbonyl (C=O) groups is 7. The highest BCUT2D eigenvalue weighted by Crippen LogP contribution is 2.54. The summed E-state index contributed by atoms with van der Waals surface area (Å²) in [5.74, 6) is -6.83. The quantitative estimate of drug-likeness (QED) is 0.0275. The Hall–Kier alpha value is -3.99. The van der Waals surface area contributed by atoms with E-state index in [1.165, 1.54) is 6.07 Å². The zero-order chi connectivity index (χ0) is 53.2. The standard InChI is InChI=1S/C49H80ClFN3O14P/c1-45(2,3)64-39(57)25-23-33(43(60)66-47(7,8)9)31-69(62,68-49(13,14)15)63-27-19-21-37(44(61)67-48(10,11)12)54-38(56)24-22-32(42(59)65-46(4,5)6)28-35(55)20-17-16-18-26-52-41(58)34-29-36(50)40(51)53-30-34/h29-30,32-33,37H,16-28,31H2,1-15H3,(H,52,58)(H,54,56)/t32-,33-,37+,69?/m1/s1. The number of rotatable bonds is 27. The normalized spacial score (nSPS) is 14.6. The highest BCUT2D eigenvalue weighted by atomic mass is 35.5. The first-order valence-electron chi connectivity index (χ1n) is 23.6. The molecule has 1 heterocycles. The van der Waals surface area contributed by atoms with E-state index in [1.807, 2.05) is 0 Å². The van der Waals surface area contributed by atoms with Crippen molar-refractivity contribution < 1.29 is 70.5 Å². The predicted octanol–water partition coefficient (Wildman–Crippen LogP) is 9.57. The fraction of sp³-hybridized carbons (Fsp3) is 0.755. The smallest absolute Gasteiger partial charge is 0.332 e. The van der Waals surface area contributed by atoms with Gasteiger partial charge in [-0.2, -0.15) is 4.39 Å². The Morgan fingerprint density at radius 3 is 1.74 bits per heavy atom. The van der Waals surface area contributed by atoms with E-state index in [4.69, 9.17) is 39.6 Å². The summed E-state index contributed by atoms with van der Waals surface area (Å²) < 4.78 is 62.0. The fourth-order valence-corrected chi connectivity index (χ4v) is 8.89. The first kappa shape index (κ1) is 63.0. The Bertz CT molecular complexity index is 1950. The van der Waals surface area contributed by atoms with E-state index in [1.54, 1.807) is 104 Å². The number of hydrogen-bond donors (Lipinski definition) is 2. The van der Waals surface area contributed by atoms with Gasteiger partial charge in [-0.1, -0.05) is 18.0 Å². The molecule has 0 bridgehead atoms. The third-order valence-corrected chi connectivity index (χ3v) is 11.6. The largest absolute Gasteiger partial charge is 0.460 e. The summed E-state index contributed by atoms with van der Waals surface area (Å²) >= 11 is 5.71. The maximum absolute atomic E-state index is 14.5. The molecule has 1 unspecified atom stereocenters. The number of nitrogens with zero attached hydrogens (tertiary/aromatic N) is 1. The third-order valence-electron chi connectivity index (χ3n) is 9.08. The summed E-state index contributed by atoms with van der Waals surface area (Å²) in [4.78, 5) is 95.2. The van der Waals surface area contributed by atoms with Gasteiger partial charge in [0.05, 0.1) is 40.8 Å². The van der Waals surface area contributed by atoms with Crippen molar-refractivity contribution in [2.75, 3.05) is 19.3 Å². The Morgan fingerprint density at radius 2 is 1.20 bits per heavy atom. The summed E-state index contributed by atoms with van der Waals surface area (Å²) in [5, 5.41) is 5.12. The van der Waals surface area contributed by atoms with Gasteiger partial charge in [-0.25, -0.2) is 9.78 Å². The average molecular weight is 1020 g/mol. The van der Waals surface area contributed by atoms with Crippen LogP contribution in [0.5, 0.6) is 0 Å². The highest BCUT2D eigenvalue weighted by molar-refractivity contribution is 7.53. The lowest BCUT2D eigenvalue weighted by Gasteiger charge is -2.30. The number of pyridine rings is 1. The zero-order valence-corrected chi connectivity index (χ0v) is 45.3. The molecule has 17 nitrogen and oxygen atoms in total. The number of ether oxygens (including phenoxy) is 4. The van der Waals surface area contributed by atoms with Crippen LogP contribution in [0.3, 0.4) is 0 Å². The number of nitrogens with one attached hydrogen (secondary N) is 2. The van der Waals surface area contributed by atoms with Gasteiger partial charge in [-0.3, -0.25) is 33.3 Å². The lowest BCUT2D eigenvalue weighted by Crippen LogP contribution is -2.44. The monoisotopic (exact) mass is 1020 g/mol. The first-order chi connectivity index (χ1) is 31.4. The van der Waals surface area contributed by atoms with Crippen LogP contribution in [0.25, 0.3) is 0 Å². The van der Waals surface area contributed by atoms with E-state index in [2.05, 4.69) is 15.6 Å². The van der Waals surface area contributed by atoms with Crippen LogP contribution in [0.15, 0.2) is 12.3 Å². The number of carbonyl (C=O) groups excluding carboxylic acids is 7. The molecule has 0 radical (unpaired) electrons. The van der Waals surface area contributed by atoms with Crippen LogP contribution in [0.1, 0.15) is 185 Å². The molecule has 394 valence electrons. The summed E-state index contributed by atoms with van der Waals surface area (Å²) in [6.45, 7) is 25.4. The van der Waals surface area contributed by atoms with E-state index in [0.717, 1.165) is 6.20 Å². The number of amides is 2. The lowest BCUT2D eigenvalue weighted by atomic mass is 9.94. The topological polar surface area (TPSA) is 229 Å². The Kier molecular flexibility index (Phi) is 25.2. The Balaban J connectivity index is 3.07. The van der Waals surface area contributed by atoms with Crippen molar-refractivity contribution in [2.24, 2.45) is 11.8 Å². The van der Waals surface area contributed by atoms with Crippen molar-refractivity contribution in [2.45, 2.75) is 209 Å². The zero-order valence-electron chi connectivity index (χ0n) is 43.7.